The highest BCUT2D eigenvalue weighted by Crippen LogP contribution is 2.54. The van der Waals surface area contributed by atoms with Gasteiger partial charge in [-0.3, -0.25) is 0 Å². The van der Waals surface area contributed by atoms with Crippen LogP contribution in [-0.2, 0) is 5.41 Å². The Hall–Kier alpha value is -4.44. The molecular formula is C37H34O4. The summed E-state index contributed by atoms with van der Waals surface area (Å²) < 4.78 is 22.1. The third-order valence-electron chi connectivity index (χ3n) is 8.49. The van der Waals surface area contributed by atoms with Crippen LogP contribution in [0.25, 0.3) is 35.4 Å². The van der Waals surface area contributed by atoms with Crippen LogP contribution in [0.5, 0.6) is 23.0 Å². The van der Waals surface area contributed by atoms with Crippen molar-refractivity contribution in [2.75, 3.05) is 13.6 Å². The van der Waals surface area contributed by atoms with Gasteiger partial charge in [-0.15, -0.1) is 0 Å². The molecule has 0 atom stereocenters. The first-order chi connectivity index (χ1) is 20.2. The lowest BCUT2D eigenvalue weighted by Crippen LogP contribution is -2.25. The second kappa shape index (κ2) is 10.5. The monoisotopic (exact) mass is 542 g/mol. The summed E-state index contributed by atoms with van der Waals surface area (Å²) in [5.41, 5.74) is 10.3. The molecule has 0 bridgehead atoms. The van der Waals surface area contributed by atoms with Crippen molar-refractivity contribution in [2.24, 2.45) is 0 Å². The molecule has 1 aliphatic carbocycles. The van der Waals surface area contributed by atoms with Crippen LogP contribution in [-0.4, -0.2) is 13.6 Å². The van der Waals surface area contributed by atoms with Crippen molar-refractivity contribution in [3.63, 3.8) is 0 Å². The second-order valence-corrected chi connectivity index (χ2v) is 11.1. The molecule has 0 aromatic heterocycles. The van der Waals surface area contributed by atoms with E-state index < -0.39 is 0 Å². The van der Waals surface area contributed by atoms with Crippen LogP contribution in [0.4, 0.5) is 0 Å². The van der Waals surface area contributed by atoms with Crippen LogP contribution < -0.4 is 18.9 Å². The first-order valence-electron chi connectivity index (χ1n) is 14.6. The fourth-order valence-corrected chi connectivity index (χ4v) is 6.67. The summed E-state index contributed by atoms with van der Waals surface area (Å²) in [6.45, 7) is 5.20. The summed E-state index contributed by atoms with van der Waals surface area (Å²) in [6, 6.07) is 26.2. The van der Waals surface area contributed by atoms with Crippen molar-refractivity contribution in [2.45, 2.75) is 44.9 Å². The molecule has 4 aromatic rings. The molecule has 3 aliphatic rings. The first-order valence-corrected chi connectivity index (χ1v) is 14.6. The van der Waals surface area contributed by atoms with Gasteiger partial charge in [0.15, 0.2) is 23.0 Å². The number of rotatable bonds is 8. The zero-order valence-corrected chi connectivity index (χ0v) is 23.6. The Kier molecular flexibility index (Phi) is 6.54. The number of ether oxygens (including phenoxy) is 4. The quantitative estimate of drug-likeness (QED) is 0.208. The normalized spacial score (nSPS) is 15.6. The Morgan fingerprint density at radius 1 is 0.512 bits per heavy atom. The minimum absolute atomic E-state index is 0.0133. The molecule has 206 valence electrons. The zero-order chi connectivity index (χ0) is 27.8. The molecule has 4 aromatic carbocycles. The lowest BCUT2D eigenvalue weighted by molar-refractivity contribution is 0.173. The van der Waals surface area contributed by atoms with E-state index in [-0.39, 0.29) is 5.41 Å². The van der Waals surface area contributed by atoms with Crippen molar-refractivity contribution >= 4 is 24.3 Å². The average molecular weight is 543 g/mol. The fraction of sp³-hybridized carbons (Fsp3) is 0.243. The van der Waals surface area contributed by atoms with Gasteiger partial charge in [-0.2, -0.15) is 0 Å². The Bertz CT molecular complexity index is 1550. The third kappa shape index (κ3) is 4.58. The minimum Gasteiger partial charge on any atom is -0.454 e. The van der Waals surface area contributed by atoms with E-state index >= 15 is 0 Å². The van der Waals surface area contributed by atoms with Gasteiger partial charge < -0.3 is 18.9 Å². The standard InChI is InChI=1S/C37H34O4/c1-3-17-37(18-4-2)31-19-25(5-7-27-11-15-33-35(21-27)40-23-38-33)9-13-29(31)30-14-10-26(20-32(30)37)6-8-28-12-16-34-36(22-28)41-24-39-34/h5-16,19-22H,3-4,17-18,23-24H2,1-2H3/b7-5+,8-6+. The van der Waals surface area contributed by atoms with Crippen LogP contribution >= 0.6 is 0 Å². The second-order valence-electron chi connectivity index (χ2n) is 11.1. The van der Waals surface area contributed by atoms with E-state index in [1.54, 1.807) is 0 Å². The van der Waals surface area contributed by atoms with Gasteiger partial charge in [-0.25, -0.2) is 0 Å². The summed E-state index contributed by atoms with van der Waals surface area (Å²) in [4.78, 5) is 0. The molecule has 4 heteroatoms. The van der Waals surface area contributed by atoms with Crippen molar-refractivity contribution in [3.05, 3.63) is 106 Å². The molecule has 0 saturated heterocycles. The van der Waals surface area contributed by atoms with E-state index in [9.17, 15) is 0 Å². The topological polar surface area (TPSA) is 36.9 Å². The summed E-state index contributed by atoms with van der Waals surface area (Å²) in [6.07, 6.45) is 13.3. The van der Waals surface area contributed by atoms with E-state index in [2.05, 4.69) is 86.7 Å². The van der Waals surface area contributed by atoms with E-state index in [4.69, 9.17) is 18.9 Å². The highest BCUT2D eigenvalue weighted by atomic mass is 16.7. The minimum atomic E-state index is 0.0133. The molecule has 0 amide bonds. The van der Waals surface area contributed by atoms with E-state index in [1.165, 1.54) is 33.4 Å². The maximum absolute atomic E-state index is 5.57. The van der Waals surface area contributed by atoms with Crippen LogP contribution in [0.2, 0.25) is 0 Å². The molecule has 7 rings (SSSR count). The number of fused-ring (bicyclic) bond motifs is 5. The lowest BCUT2D eigenvalue weighted by atomic mass is 9.71. The van der Waals surface area contributed by atoms with E-state index in [0.717, 1.165) is 59.8 Å². The zero-order valence-electron chi connectivity index (χ0n) is 23.6. The van der Waals surface area contributed by atoms with Crippen LogP contribution in [0, 0.1) is 0 Å². The molecule has 0 radical (unpaired) electrons. The van der Waals surface area contributed by atoms with Crippen molar-refractivity contribution in [3.8, 4) is 34.1 Å². The van der Waals surface area contributed by atoms with Crippen molar-refractivity contribution in [1.82, 2.24) is 0 Å². The number of benzene rings is 4. The van der Waals surface area contributed by atoms with Gasteiger partial charge in [0.05, 0.1) is 0 Å². The SMILES string of the molecule is CCCC1(CCC)c2cc(/C=C/c3ccc4c(c3)OCO4)ccc2-c2ccc(/C=C/c3ccc4c(c3)OCO4)cc21. The van der Waals surface area contributed by atoms with Gasteiger partial charge in [0.1, 0.15) is 0 Å². The van der Waals surface area contributed by atoms with Gasteiger partial charge in [0.25, 0.3) is 0 Å². The molecule has 0 fully saturated rings. The predicted molar refractivity (Wildman–Crippen MR) is 165 cm³/mol. The van der Waals surface area contributed by atoms with Crippen LogP contribution in [0.1, 0.15) is 72.9 Å². The van der Waals surface area contributed by atoms with E-state index in [1.807, 2.05) is 24.3 Å². The summed E-state index contributed by atoms with van der Waals surface area (Å²) >= 11 is 0. The number of hydrogen-bond acceptors (Lipinski definition) is 4. The highest BCUT2D eigenvalue weighted by Gasteiger charge is 2.41. The third-order valence-corrected chi connectivity index (χ3v) is 8.49. The maximum Gasteiger partial charge on any atom is 0.231 e. The van der Waals surface area contributed by atoms with Gasteiger partial charge in [0.2, 0.25) is 13.6 Å². The summed E-state index contributed by atoms with van der Waals surface area (Å²) in [5.74, 6) is 3.24. The van der Waals surface area contributed by atoms with E-state index in [0.29, 0.717) is 13.6 Å². The Labute approximate surface area is 241 Å². The number of hydrogen-bond donors (Lipinski definition) is 0. The fourth-order valence-electron chi connectivity index (χ4n) is 6.67. The maximum atomic E-state index is 5.57. The highest BCUT2D eigenvalue weighted by molar-refractivity contribution is 5.85. The average Bonchev–Trinajstić information content (AvgIpc) is 3.72. The predicted octanol–water partition coefficient (Wildman–Crippen LogP) is 9.35. The largest absolute Gasteiger partial charge is 0.454 e. The van der Waals surface area contributed by atoms with Gasteiger partial charge in [-0.1, -0.05) is 99.5 Å². The smallest absolute Gasteiger partial charge is 0.231 e. The molecule has 2 aliphatic heterocycles. The summed E-state index contributed by atoms with van der Waals surface area (Å²) in [5, 5.41) is 0. The van der Waals surface area contributed by atoms with Gasteiger partial charge >= 0.3 is 0 Å². The van der Waals surface area contributed by atoms with Crippen LogP contribution in [0.15, 0.2) is 72.8 Å². The van der Waals surface area contributed by atoms with Crippen molar-refractivity contribution < 1.29 is 18.9 Å². The molecule has 0 N–H and O–H groups in total. The molecule has 0 saturated carbocycles. The Morgan fingerprint density at radius 3 is 1.34 bits per heavy atom. The first kappa shape index (κ1) is 25.5. The molecule has 41 heavy (non-hydrogen) atoms. The summed E-state index contributed by atoms with van der Waals surface area (Å²) in [7, 11) is 0. The van der Waals surface area contributed by atoms with Crippen molar-refractivity contribution in [1.29, 1.82) is 0 Å². The molecule has 0 unspecified atom stereocenters. The van der Waals surface area contributed by atoms with Crippen LogP contribution in [0.3, 0.4) is 0 Å². The molecule has 2 heterocycles. The van der Waals surface area contributed by atoms with Gasteiger partial charge in [0, 0.05) is 5.41 Å². The molecular weight excluding hydrogens is 508 g/mol. The Balaban J connectivity index is 1.23. The van der Waals surface area contributed by atoms with Gasteiger partial charge in [-0.05, 0) is 81.6 Å². The lowest BCUT2D eigenvalue weighted by Gasteiger charge is -2.32. The Morgan fingerprint density at radius 2 is 0.902 bits per heavy atom. The molecule has 4 nitrogen and oxygen atoms in total. The molecule has 0 spiro atoms.